The van der Waals surface area contributed by atoms with Crippen molar-refractivity contribution in [3.8, 4) is 0 Å². The standard InChI is InChI=1S/C19H32N2/c1-3-5-6-7-11-14-21-16-19(20-15-18(21)4-2)17-12-9-8-10-13-17/h8-10,12-13,18-20H,3-7,11,14-16H2,1-2H3. The Kier molecular flexibility index (Phi) is 7.25. The molecule has 2 nitrogen and oxygen atoms in total. The van der Waals surface area contributed by atoms with E-state index < -0.39 is 0 Å². The summed E-state index contributed by atoms with van der Waals surface area (Å²) < 4.78 is 0. The van der Waals surface area contributed by atoms with E-state index >= 15 is 0 Å². The lowest BCUT2D eigenvalue weighted by Crippen LogP contribution is -2.52. The molecule has 1 aromatic rings. The van der Waals surface area contributed by atoms with Gasteiger partial charge in [-0.25, -0.2) is 0 Å². The summed E-state index contributed by atoms with van der Waals surface area (Å²) in [6.07, 6.45) is 8.14. The van der Waals surface area contributed by atoms with Gasteiger partial charge in [-0.3, -0.25) is 4.90 Å². The van der Waals surface area contributed by atoms with Crippen molar-refractivity contribution in [2.45, 2.75) is 64.5 Å². The van der Waals surface area contributed by atoms with E-state index in [-0.39, 0.29) is 0 Å². The first kappa shape index (κ1) is 16.5. The minimum atomic E-state index is 0.504. The molecular weight excluding hydrogens is 256 g/mol. The van der Waals surface area contributed by atoms with Crippen molar-refractivity contribution in [3.05, 3.63) is 35.9 Å². The largest absolute Gasteiger partial charge is 0.307 e. The van der Waals surface area contributed by atoms with Crippen LogP contribution in [0.2, 0.25) is 0 Å². The Bertz CT molecular complexity index is 376. The third-order valence-electron chi connectivity index (χ3n) is 4.76. The summed E-state index contributed by atoms with van der Waals surface area (Å²) in [5, 5.41) is 3.74. The minimum absolute atomic E-state index is 0.504. The summed E-state index contributed by atoms with van der Waals surface area (Å²) in [7, 11) is 0. The van der Waals surface area contributed by atoms with Gasteiger partial charge in [0.2, 0.25) is 0 Å². The molecule has 0 spiro atoms. The van der Waals surface area contributed by atoms with Crippen molar-refractivity contribution in [2.24, 2.45) is 0 Å². The van der Waals surface area contributed by atoms with Crippen molar-refractivity contribution in [2.75, 3.05) is 19.6 Å². The lowest BCUT2D eigenvalue weighted by atomic mass is 10.00. The van der Waals surface area contributed by atoms with Crippen molar-refractivity contribution in [3.63, 3.8) is 0 Å². The molecule has 21 heavy (non-hydrogen) atoms. The van der Waals surface area contributed by atoms with Gasteiger partial charge in [-0.15, -0.1) is 0 Å². The molecule has 0 bridgehead atoms. The molecule has 0 aliphatic carbocycles. The summed E-state index contributed by atoms with van der Waals surface area (Å²) in [6.45, 7) is 8.17. The monoisotopic (exact) mass is 288 g/mol. The summed E-state index contributed by atoms with van der Waals surface area (Å²) in [4.78, 5) is 2.72. The fraction of sp³-hybridized carbons (Fsp3) is 0.684. The van der Waals surface area contributed by atoms with Crippen molar-refractivity contribution in [1.82, 2.24) is 10.2 Å². The van der Waals surface area contributed by atoms with Gasteiger partial charge in [0, 0.05) is 25.2 Å². The average molecular weight is 288 g/mol. The maximum Gasteiger partial charge on any atom is 0.0449 e. The molecule has 0 aromatic heterocycles. The summed E-state index contributed by atoms with van der Waals surface area (Å²) in [6, 6.07) is 12.1. The highest BCUT2D eigenvalue weighted by Gasteiger charge is 2.26. The van der Waals surface area contributed by atoms with E-state index in [1.54, 1.807) is 0 Å². The van der Waals surface area contributed by atoms with E-state index in [0.717, 1.165) is 19.1 Å². The van der Waals surface area contributed by atoms with Gasteiger partial charge < -0.3 is 5.32 Å². The zero-order valence-electron chi connectivity index (χ0n) is 13.9. The number of piperazine rings is 1. The van der Waals surface area contributed by atoms with Gasteiger partial charge in [-0.1, -0.05) is 69.9 Å². The molecular formula is C19H32N2. The van der Waals surface area contributed by atoms with Gasteiger partial charge in [0.05, 0.1) is 0 Å². The summed E-state index contributed by atoms with van der Waals surface area (Å²) in [5.41, 5.74) is 1.43. The van der Waals surface area contributed by atoms with E-state index in [0.29, 0.717) is 6.04 Å². The van der Waals surface area contributed by atoms with E-state index in [2.05, 4.69) is 54.4 Å². The smallest absolute Gasteiger partial charge is 0.0449 e. The van der Waals surface area contributed by atoms with Gasteiger partial charge in [0.15, 0.2) is 0 Å². The van der Waals surface area contributed by atoms with Crippen LogP contribution in [0, 0.1) is 0 Å². The number of rotatable bonds is 8. The van der Waals surface area contributed by atoms with Crippen molar-refractivity contribution in [1.29, 1.82) is 0 Å². The van der Waals surface area contributed by atoms with Gasteiger partial charge in [-0.05, 0) is 24.9 Å². The average Bonchev–Trinajstić information content (AvgIpc) is 2.55. The Morgan fingerprint density at radius 3 is 2.52 bits per heavy atom. The van der Waals surface area contributed by atoms with Crippen LogP contribution in [0.4, 0.5) is 0 Å². The number of nitrogens with zero attached hydrogens (tertiary/aromatic N) is 1. The second-order valence-electron chi connectivity index (χ2n) is 6.34. The second kappa shape index (κ2) is 9.22. The predicted molar refractivity (Wildman–Crippen MR) is 91.6 cm³/mol. The Labute approximate surface area is 130 Å². The number of benzene rings is 1. The van der Waals surface area contributed by atoms with Crippen LogP contribution in [0.25, 0.3) is 0 Å². The number of nitrogens with one attached hydrogen (secondary N) is 1. The van der Waals surface area contributed by atoms with Crippen LogP contribution in [0.3, 0.4) is 0 Å². The van der Waals surface area contributed by atoms with Gasteiger partial charge >= 0.3 is 0 Å². The van der Waals surface area contributed by atoms with E-state index in [9.17, 15) is 0 Å². The summed E-state index contributed by atoms with van der Waals surface area (Å²) in [5.74, 6) is 0. The first-order valence-corrected chi connectivity index (χ1v) is 8.87. The fourth-order valence-electron chi connectivity index (χ4n) is 3.36. The molecule has 1 heterocycles. The lowest BCUT2D eigenvalue weighted by Gasteiger charge is -2.40. The highest BCUT2D eigenvalue weighted by Crippen LogP contribution is 2.21. The van der Waals surface area contributed by atoms with E-state index in [1.807, 2.05) is 0 Å². The molecule has 2 atom stereocenters. The molecule has 1 aliphatic rings. The van der Waals surface area contributed by atoms with Crippen LogP contribution in [0.5, 0.6) is 0 Å². The molecule has 0 amide bonds. The highest BCUT2D eigenvalue weighted by atomic mass is 15.2. The maximum absolute atomic E-state index is 3.74. The Morgan fingerprint density at radius 2 is 1.81 bits per heavy atom. The molecule has 0 radical (unpaired) electrons. The quantitative estimate of drug-likeness (QED) is 0.714. The topological polar surface area (TPSA) is 15.3 Å². The SMILES string of the molecule is CCCCCCCN1CC(c2ccccc2)NCC1CC. The molecule has 2 unspecified atom stereocenters. The molecule has 1 N–H and O–H groups in total. The van der Waals surface area contributed by atoms with E-state index in [1.165, 1.54) is 50.6 Å². The Hall–Kier alpha value is -0.860. The van der Waals surface area contributed by atoms with Crippen molar-refractivity contribution >= 4 is 0 Å². The number of unbranched alkanes of at least 4 members (excludes halogenated alkanes) is 4. The molecule has 2 heteroatoms. The van der Waals surface area contributed by atoms with Crippen LogP contribution in [-0.2, 0) is 0 Å². The summed E-state index contributed by atoms with van der Waals surface area (Å²) >= 11 is 0. The molecule has 2 rings (SSSR count). The normalized spacial score (nSPS) is 23.3. The number of hydrogen-bond donors (Lipinski definition) is 1. The van der Waals surface area contributed by atoms with Gasteiger partial charge in [0.1, 0.15) is 0 Å². The minimum Gasteiger partial charge on any atom is -0.307 e. The van der Waals surface area contributed by atoms with Gasteiger partial charge in [-0.2, -0.15) is 0 Å². The second-order valence-corrected chi connectivity index (χ2v) is 6.34. The molecule has 1 aromatic carbocycles. The maximum atomic E-state index is 3.74. The zero-order valence-corrected chi connectivity index (χ0v) is 13.9. The van der Waals surface area contributed by atoms with Crippen LogP contribution < -0.4 is 5.32 Å². The molecule has 1 aliphatic heterocycles. The first-order chi connectivity index (χ1) is 10.3. The van der Waals surface area contributed by atoms with E-state index in [4.69, 9.17) is 0 Å². The van der Waals surface area contributed by atoms with Crippen LogP contribution in [-0.4, -0.2) is 30.6 Å². The first-order valence-electron chi connectivity index (χ1n) is 8.87. The molecule has 118 valence electrons. The van der Waals surface area contributed by atoms with Crippen LogP contribution in [0.15, 0.2) is 30.3 Å². The Morgan fingerprint density at radius 1 is 1.05 bits per heavy atom. The zero-order chi connectivity index (χ0) is 14.9. The Balaban J connectivity index is 1.84. The molecule has 0 saturated carbocycles. The fourth-order valence-corrected chi connectivity index (χ4v) is 3.36. The number of hydrogen-bond acceptors (Lipinski definition) is 2. The lowest BCUT2D eigenvalue weighted by molar-refractivity contribution is 0.124. The van der Waals surface area contributed by atoms with Crippen molar-refractivity contribution < 1.29 is 0 Å². The third kappa shape index (κ3) is 5.12. The van der Waals surface area contributed by atoms with Crippen LogP contribution in [0.1, 0.15) is 64.0 Å². The van der Waals surface area contributed by atoms with Crippen LogP contribution >= 0.6 is 0 Å². The predicted octanol–water partition coefficient (Wildman–Crippen LogP) is 4.38. The highest BCUT2D eigenvalue weighted by molar-refractivity contribution is 5.20. The molecule has 1 fully saturated rings. The van der Waals surface area contributed by atoms with Gasteiger partial charge in [0.25, 0.3) is 0 Å². The third-order valence-corrected chi connectivity index (χ3v) is 4.76. The molecule has 1 saturated heterocycles.